The van der Waals surface area contributed by atoms with Crippen LogP contribution in [-0.4, -0.2) is 23.7 Å². The van der Waals surface area contributed by atoms with Crippen LogP contribution in [0.5, 0.6) is 0 Å². The molecule has 3 rings (SSSR count). The zero-order valence-electron chi connectivity index (χ0n) is 10.1. The number of hydrogen-bond acceptors (Lipinski definition) is 6. The average Bonchev–Trinajstić information content (AvgIpc) is 3.01. The zero-order valence-corrected chi connectivity index (χ0v) is 10.1. The molecule has 0 unspecified atom stereocenters. The molecule has 98 valence electrons. The number of aliphatic imine (C=N–C) groups is 2. The van der Waals surface area contributed by atoms with Gasteiger partial charge in [0.1, 0.15) is 0 Å². The molecule has 2 aliphatic heterocycles. The van der Waals surface area contributed by atoms with Crippen molar-refractivity contribution in [2.45, 2.75) is 0 Å². The van der Waals surface area contributed by atoms with Gasteiger partial charge in [0.25, 0.3) is 0 Å². The van der Waals surface area contributed by atoms with Crippen LogP contribution in [-0.2, 0) is 19.1 Å². The normalized spacial score (nSPS) is 20.8. The minimum atomic E-state index is -0.458. The Balaban J connectivity index is 1.93. The maximum Gasteiger partial charge on any atom is 0.337 e. The highest BCUT2D eigenvalue weighted by molar-refractivity contribution is 6.10. The predicted molar refractivity (Wildman–Crippen MR) is 71.1 cm³/mol. The highest BCUT2D eigenvalue weighted by atomic mass is 16.5. The van der Waals surface area contributed by atoms with Crippen molar-refractivity contribution in [3.8, 4) is 0 Å². The summed E-state index contributed by atoms with van der Waals surface area (Å²) in [6.07, 6.45) is 5.52. The van der Waals surface area contributed by atoms with E-state index in [9.17, 15) is 9.59 Å². The third-order valence-electron chi connectivity index (χ3n) is 2.48. The standard InChI is InChI=1S/C14H8N2O4/c17-13-7-5-11(19-13)15-9-3-1-2-4-10(9)16-12-6-8-14(18)20-12/h1-8H. The van der Waals surface area contributed by atoms with E-state index in [1.807, 2.05) is 0 Å². The van der Waals surface area contributed by atoms with Gasteiger partial charge in [-0.15, -0.1) is 0 Å². The molecule has 0 saturated heterocycles. The van der Waals surface area contributed by atoms with Gasteiger partial charge in [-0.05, 0) is 12.1 Å². The topological polar surface area (TPSA) is 77.3 Å². The summed E-state index contributed by atoms with van der Waals surface area (Å²) in [4.78, 5) is 30.3. The van der Waals surface area contributed by atoms with E-state index in [1.54, 1.807) is 24.3 Å². The van der Waals surface area contributed by atoms with Gasteiger partial charge in [0, 0.05) is 24.3 Å². The van der Waals surface area contributed by atoms with E-state index in [0.717, 1.165) is 0 Å². The molecule has 0 N–H and O–H groups in total. The van der Waals surface area contributed by atoms with E-state index in [2.05, 4.69) is 9.98 Å². The van der Waals surface area contributed by atoms with Gasteiger partial charge in [-0.25, -0.2) is 19.6 Å². The van der Waals surface area contributed by atoms with Gasteiger partial charge in [0.15, 0.2) is 0 Å². The summed E-state index contributed by atoms with van der Waals surface area (Å²) in [5.74, 6) is -0.524. The molecule has 0 fully saturated rings. The van der Waals surface area contributed by atoms with Crippen LogP contribution in [0.2, 0.25) is 0 Å². The second-order valence-electron chi connectivity index (χ2n) is 3.90. The first kappa shape index (κ1) is 12.0. The molecule has 0 saturated carbocycles. The molecule has 0 aliphatic carbocycles. The quantitative estimate of drug-likeness (QED) is 0.768. The molecule has 0 amide bonds. The van der Waals surface area contributed by atoms with Crippen molar-refractivity contribution < 1.29 is 19.1 Å². The van der Waals surface area contributed by atoms with Crippen molar-refractivity contribution in [2.75, 3.05) is 0 Å². The first-order valence-electron chi connectivity index (χ1n) is 5.77. The lowest BCUT2D eigenvalue weighted by atomic mass is 10.3. The van der Waals surface area contributed by atoms with E-state index in [-0.39, 0.29) is 11.8 Å². The largest absolute Gasteiger partial charge is 0.404 e. The monoisotopic (exact) mass is 268 g/mol. The van der Waals surface area contributed by atoms with Crippen LogP contribution in [0.15, 0.2) is 58.6 Å². The van der Waals surface area contributed by atoms with Crippen LogP contribution >= 0.6 is 0 Å². The molecule has 6 heteroatoms. The number of rotatable bonds is 2. The molecule has 0 bridgehead atoms. The Morgan fingerprint density at radius 2 is 1.15 bits per heavy atom. The van der Waals surface area contributed by atoms with E-state index < -0.39 is 11.9 Å². The number of carbonyl (C=O) groups is 2. The van der Waals surface area contributed by atoms with E-state index >= 15 is 0 Å². The van der Waals surface area contributed by atoms with Gasteiger partial charge in [-0.1, -0.05) is 12.1 Å². The SMILES string of the molecule is O=C1C=CC(=Nc2ccccc2N=C2C=CC(=O)O2)O1. The number of para-hydroxylation sites is 2. The molecule has 20 heavy (non-hydrogen) atoms. The second kappa shape index (κ2) is 4.93. The number of ether oxygens (including phenoxy) is 2. The highest BCUT2D eigenvalue weighted by Crippen LogP contribution is 2.28. The van der Waals surface area contributed by atoms with Gasteiger partial charge in [-0.2, -0.15) is 0 Å². The van der Waals surface area contributed by atoms with E-state index in [1.165, 1.54) is 24.3 Å². The number of nitrogens with zero attached hydrogens (tertiary/aromatic N) is 2. The number of carbonyl (C=O) groups excluding carboxylic acids is 2. The van der Waals surface area contributed by atoms with Crippen molar-refractivity contribution >= 4 is 35.1 Å². The molecule has 2 heterocycles. The van der Waals surface area contributed by atoms with Crippen molar-refractivity contribution in [3.63, 3.8) is 0 Å². The molecular formula is C14H8N2O4. The number of esters is 2. The fourth-order valence-electron chi connectivity index (χ4n) is 1.63. The predicted octanol–water partition coefficient (Wildman–Crippen LogP) is 1.97. The minimum Gasteiger partial charge on any atom is -0.404 e. The summed E-state index contributed by atoms with van der Waals surface area (Å²) in [6, 6.07) is 6.99. The Kier molecular flexibility index (Phi) is 2.96. The van der Waals surface area contributed by atoms with Crippen LogP contribution in [0.1, 0.15) is 0 Å². The molecule has 0 atom stereocenters. The Morgan fingerprint density at radius 1 is 0.700 bits per heavy atom. The van der Waals surface area contributed by atoms with Gasteiger partial charge in [-0.3, -0.25) is 0 Å². The fourth-order valence-corrected chi connectivity index (χ4v) is 1.63. The van der Waals surface area contributed by atoms with Crippen LogP contribution < -0.4 is 0 Å². The Hall–Kier alpha value is -3.02. The molecule has 0 radical (unpaired) electrons. The molecule has 1 aromatic carbocycles. The van der Waals surface area contributed by atoms with Crippen molar-refractivity contribution in [2.24, 2.45) is 9.98 Å². The molecule has 0 aromatic heterocycles. The molecular weight excluding hydrogens is 260 g/mol. The maximum atomic E-state index is 11.0. The van der Waals surface area contributed by atoms with Crippen LogP contribution in [0, 0.1) is 0 Å². The van der Waals surface area contributed by atoms with Crippen molar-refractivity contribution in [1.82, 2.24) is 0 Å². The lowest BCUT2D eigenvalue weighted by Gasteiger charge is -2.02. The smallest absolute Gasteiger partial charge is 0.337 e. The first-order valence-corrected chi connectivity index (χ1v) is 5.77. The third-order valence-corrected chi connectivity index (χ3v) is 2.48. The summed E-state index contributed by atoms with van der Waals surface area (Å²) in [5, 5.41) is 0. The maximum absolute atomic E-state index is 11.0. The second-order valence-corrected chi connectivity index (χ2v) is 3.90. The number of cyclic esters (lactones) is 2. The van der Waals surface area contributed by atoms with Gasteiger partial charge in [0.2, 0.25) is 11.8 Å². The van der Waals surface area contributed by atoms with E-state index in [0.29, 0.717) is 11.4 Å². The summed E-state index contributed by atoms with van der Waals surface area (Å²) in [5.41, 5.74) is 1.01. The fraction of sp³-hybridized carbons (Fsp3) is 0. The first-order chi connectivity index (χ1) is 9.70. The molecule has 0 spiro atoms. The van der Waals surface area contributed by atoms with Crippen LogP contribution in [0.4, 0.5) is 11.4 Å². The van der Waals surface area contributed by atoms with Crippen molar-refractivity contribution in [1.29, 1.82) is 0 Å². The van der Waals surface area contributed by atoms with Crippen LogP contribution in [0.25, 0.3) is 0 Å². The lowest BCUT2D eigenvalue weighted by Crippen LogP contribution is -1.99. The van der Waals surface area contributed by atoms with Crippen molar-refractivity contribution in [3.05, 3.63) is 48.6 Å². The molecule has 2 aliphatic rings. The summed E-state index contributed by atoms with van der Waals surface area (Å²) < 4.78 is 9.72. The number of hydrogen-bond donors (Lipinski definition) is 0. The zero-order chi connectivity index (χ0) is 13.9. The molecule has 1 aromatic rings. The minimum absolute atomic E-state index is 0.196. The van der Waals surface area contributed by atoms with Crippen LogP contribution in [0.3, 0.4) is 0 Å². The highest BCUT2D eigenvalue weighted by Gasteiger charge is 2.14. The Labute approximate surface area is 113 Å². The van der Waals surface area contributed by atoms with Gasteiger partial charge in [0.05, 0.1) is 11.4 Å². The summed E-state index contributed by atoms with van der Waals surface area (Å²) in [6.45, 7) is 0. The lowest BCUT2D eigenvalue weighted by molar-refractivity contribution is -0.130. The molecule has 6 nitrogen and oxygen atoms in total. The average molecular weight is 268 g/mol. The Bertz CT molecular complexity index is 653. The Morgan fingerprint density at radius 3 is 1.50 bits per heavy atom. The third kappa shape index (κ3) is 2.54. The van der Waals surface area contributed by atoms with E-state index in [4.69, 9.17) is 9.47 Å². The summed E-state index contributed by atoms with van der Waals surface area (Å²) >= 11 is 0. The summed E-state index contributed by atoms with van der Waals surface area (Å²) in [7, 11) is 0. The number of benzene rings is 1. The van der Waals surface area contributed by atoms with Gasteiger partial charge < -0.3 is 9.47 Å². The van der Waals surface area contributed by atoms with Gasteiger partial charge >= 0.3 is 11.9 Å².